The summed E-state index contributed by atoms with van der Waals surface area (Å²) in [6, 6.07) is 10.2. The Morgan fingerprint density at radius 2 is 1.80 bits per heavy atom. The van der Waals surface area contributed by atoms with E-state index < -0.39 is 17.7 Å². The normalized spacial score (nSPS) is 12.2. The summed E-state index contributed by atoms with van der Waals surface area (Å²) in [4.78, 5) is 14.0. The lowest BCUT2D eigenvalue weighted by atomic mass is 10.0. The first kappa shape index (κ1) is 19.0. The number of halogens is 2. The summed E-state index contributed by atoms with van der Waals surface area (Å²) in [5, 5.41) is 2.75. The van der Waals surface area contributed by atoms with E-state index in [-0.39, 0.29) is 18.0 Å². The molecule has 1 atom stereocenters. The van der Waals surface area contributed by atoms with Crippen LogP contribution in [0.25, 0.3) is 0 Å². The highest BCUT2D eigenvalue weighted by molar-refractivity contribution is 5.94. The van der Waals surface area contributed by atoms with Gasteiger partial charge in [0.1, 0.15) is 11.6 Å². The molecule has 2 rings (SSSR count). The Labute approximate surface area is 146 Å². The maximum absolute atomic E-state index is 14.1. The van der Waals surface area contributed by atoms with Gasteiger partial charge in [-0.1, -0.05) is 18.2 Å². The number of carbonyl (C=O) groups is 1. The molecule has 0 aliphatic carbocycles. The number of carbonyl (C=O) groups excluding carboxylic acids is 1. The molecule has 1 N–H and O–H groups in total. The minimum atomic E-state index is -0.630. The van der Waals surface area contributed by atoms with Crippen LogP contribution in [0.5, 0.6) is 0 Å². The van der Waals surface area contributed by atoms with Gasteiger partial charge in [-0.3, -0.25) is 4.79 Å². The van der Waals surface area contributed by atoms with Gasteiger partial charge in [0.2, 0.25) is 0 Å². The predicted molar refractivity (Wildman–Crippen MR) is 92.3 cm³/mol. The third-order valence-electron chi connectivity index (χ3n) is 3.91. The molecule has 6 heteroatoms. The van der Waals surface area contributed by atoms with E-state index in [1.165, 1.54) is 18.2 Å². The topological polar surface area (TPSA) is 41.6 Å². The van der Waals surface area contributed by atoms with Crippen molar-refractivity contribution in [2.24, 2.45) is 0 Å². The van der Waals surface area contributed by atoms with Gasteiger partial charge in [0.25, 0.3) is 5.91 Å². The fourth-order valence-corrected chi connectivity index (χ4v) is 2.63. The van der Waals surface area contributed by atoms with Crippen LogP contribution < -0.4 is 5.32 Å². The molecule has 0 aliphatic rings. The smallest absolute Gasteiger partial charge is 0.251 e. The Morgan fingerprint density at radius 3 is 2.40 bits per heavy atom. The number of amides is 1. The molecule has 1 amide bonds. The minimum Gasteiger partial charge on any atom is -0.380 e. The molecule has 25 heavy (non-hydrogen) atoms. The van der Waals surface area contributed by atoms with Crippen LogP contribution in [0.3, 0.4) is 0 Å². The van der Waals surface area contributed by atoms with Crippen molar-refractivity contribution < 1.29 is 18.3 Å². The molecule has 2 aromatic carbocycles. The SMILES string of the molecule is COCc1cccc(C(=O)NCC(c2c(F)cccc2F)N(C)C)c1. The van der Waals surface area contributed by atoms with Gasteiger partial charge in [-0.25, -0.2) is 8.78 Å². The molecule has 2 aromatic rings. The van der Waals surface area contributed by atoms with E-state index in [0.717, 1.165) is 5.56 Å². The molecule has 0 aliphatic heterocycles. The highest BCUT2D eigenvalue weighted by atomic mass is 19.1. The zero-order chi connectivity index (χ0) is 18.4. The van der Waals surface area contributed by atoms with E-state index in [1.807, 2.05) is 6.07 Å². The number of hydrogen-bond acceptors (Lipinski definition) is 3. The second-order valence-electron chi connectivity index (χ2n) is 5.96. The van der Waals surface area contributed by atoms with Crippen molar-refractivity contribution in [1.82, 2.24) is 10.2 Å². The standard InChI is InChI=1S/C19H22F2N2O2/c1-23(2)17(18-15(20)8-5-9-16(18)21)11-22-19(24)14-7-4-6-13(10-14)12-25-3/h4-10,17H,11-12H2,1-3H3,(H,22,24). The minimum absolute atomic E-state index is 0.0547. The Balaban J connectivity index is 2.14. The summed E-state index contributed by atoms with van der Waals surface area (Å²) >= 11 is 0. The molecule has 0 spiro atoms. The maximum atomic E-state index is 14.1. The van der Waals surface area contributed by atoms with Gasteiger partial charge in [0, 0.05) is 24.8 Å². The molecule has 0 radical (unpaired) electrons. The van der Waals surface area contributed by atoms with Crippen molar-refractivity contribution in [3.05, 3.63) is 70.8 Å². The number of methoxy groups -OCH3 is 1. The van der Waals surface area contributed by atoms with Crippen LogP contribution >= 0.6 is 0 Å². The predicted octanol–water partition coefficient (Wildman–Crippen LogP) is 3.14. The lowest BCUT2D eigenvalue weighted by molar-refractivity contribution is 0.0940. The Bertz CT molecular complexity index is 715. The number of benzene rings is 2. The fourth-order valence-electron chi connectivity index (χ4n) is 2.63. The first-order valence-electron chi connectivity index (χ1n) is 7.90. The van der Waals surface area contributed by atoms with Gasteiger partial charge in [0.15, 0.2) is 0 Å². The summed E-state index contributed by atoms with van der Waals surface area (Å²) in [7, 11) is 5.00. The lowest BCUT2D eigenvalue weighted by Crippen LogP contribution is -2.35. The summed E-state index contributed by atoms with van der Waals surface area (Å²) in [5.41, 5.74) is 1.29. The van der Waals surface area contributed by atoms with Crippen LogP contribution in [0, 0.1) is 11.6 Å². The van der Waals surface area contributed by atoms with Crippen molar-refractivity contribution in [2.75, 3.05) is 27.7 Å². The van der Waals surface area contributed by atoms with E-state index in [0.29, 0.717) is 12.2 Å². The highest BCUT2D eigenvalue weighted by Crippen LogP contribution is 2.24. The van der Waals surface area contributed by atoms with E-state index in [1.54, 1.807) is 44.3 Å². The van der Waals surface area contributed by atoms with E-state index in [4.69, 9.17) is 4.74 Å². The van der Waals surface area contributed by atoms with Crippen molar-refractivity contribution in [1.29, 1.82) is 0 Å². The quantitative estimate of drug-likeness (QED) is 0.836. The summed E-state index contributed by atoms with van der Waals surface area (Å²) in [6.07, 6.45) is 0. The molecule has 0 bridgehead atoms. The maximum Gasteiger partial charge on any atom is 0.251 e. The van der Waals surface area contributed by atoms with Crippen LogP contribution in [0.15, 0.2) is 42.5 Å². The Kier molecular flexibility index (Phi) is 6.61. The number of nitrogens with zero attached hydrogens (tertiary/aromatic N) is 1. The molecule has 0 saturated heterocycles. The monoisotopic (exact) mass is 348 g/mol. The summed E-state index contributed by atoms with van der Waals surface area (Å²) in [5.74, 6) is -1.56. The van der Waals surface area contributed by atoms with E-state index >= 15 is 0 Å². The van der Waals surface area contributed by atoms with Crippen LogP contribution in [0.1, 0.15) is 27.5 Å². The molecule has 0 aromatic heterocycles. The van der Waals surface area contributed by atoms with Gasteiger partial charge in [-0.05, 0) is 43.9 Å². The van der Waals surface area contributed by atoms with Gasteiger partial charge >= 0.3 is 0 Å². The highest BCUT2D eigenvalue weighted by Gasteiger charge is 2.23. The van der Waals surface area contributed by atoms with Crippen molar-refractivity contribution >= 4 is 5.91 Å². The summed E-state index contributed by atoms with van der Waals surface area (Å²) in [6.45, 7) is 0.486. The zero-order valence-corrected chi connectivity index (χ0v) is 14.6. The number of hydrogen-bond donors (Lipinski definition) is 1. The number of likely N-dealkylation sites (N-methyl/N-ethyl adjacent to an activating group) is 1. The molecule has 0 fully saturated rings. The number of rotatable bonds is 7. The Morgan fingerprint density at radius 1 is 1.16 bits per heavy atom. The van der Waals surface area contributed by atoms with E-state index in [9.17, 15) is 13.6 Å². The molecule has 4 nitrogen and oxygen atoms in total. The van der Waals surface area contributed by atoms with Crippen molar-refractivity contribution in [2.45, 2.75) is 12.6 Å². The van der Waals surface area contributed by atoms with Gasteiger partial charge in [-0.15, -0.1) is 0 Å². The van der Waals surface area contributed by atoms with Crippen molar-refractivity contribution in [3.63, 3.8) is 0 Å². The summed E-state index contributed by atoms with van der Waals surface area (Å²) < 4.78 is 33.2. The fraction of sp³-hybridized carbons (Fsp3) is 0.316. The van der Waals surface area contributed by atoms with Gasteiger partial charge in [0.05, 0.1) is 12.6 Å². The van der Waals surface area contributed by atoms with E-state index in [2.05, 4.69) is 5.32 Å². The largest absolute Gasteiger partial charge is 0.380 e. The van der Waals surface area contributed by atoms with Crippen LogP contribution in [0.4, 0.5) is 8.78 Å². The molecule has 1 unspecified atom stereocenters. The molecular formula is C19H22F2N2O2. The average Bonchev–Trinajstić information content (AvgIpc) is 2.57. The average molecular weight is 348 g/mol. The van der Waals surface area contributed by atoms with Crippen LogP contribution in [-0.2, 0) is 11.3 Å². The van der Waals surface area contributed by atoms with Gasteiger partial charge in [-0.2, -0.15) is 0 Å². The Hall–Kier alpha value is -2.31. The number of nitrogens with one attached hydrogen (secondary N) is 1. The zero-order valence-electron chi connectivity index (χ0n) is 14.6. The second-order valence-corrected chi connectivity index (χ2v) is 5.96. The van der Waals surface area contributed by atoms with Crippen LogP contribution in [0.2, 0.25) is 0 Å². The van der Waals surface area contributed by atoms with Gasteiger partial charge < -0.3 is 15.0 Å². The molecule has 0 saturated carbocycles. The second kappa shape index (κ2) is 8.69. The molecule has 134 valence electrons. The first-order chi connectivity index (χ1) is 11.9. The molecule has 0 heterocycles. The lowest BCUT2D eigenvalue weighted by Gasteiger charge is -2.26. The third kappa shape index (κ3) is 4.84. The third-order valence-corrected chi connectivity index (χ3v) is 3.91. The van der Waals surface area contributed by atoms with Crippen molar-refractivity contribution in [3.8, 4) is 0 Å². The molecular weight excluding hydrogens is 326 g/mol. The van der Waals surface area contributed by atoms with Crippen LogP contribution in [-0.4, -0.2) is 38.6 Å². The first-order valence-corrected chi connectivity index (χ1v) is 7.90. The number of ether oxygens (including phenoxy) is 1.